The number of aliphatic hydroxyl groups is 1. The zero-order chi connectivity index (χ0) is 19.3. The van der Waals surface area contributed by atoms with E-state index in [4.69, 9.17) is 4.74 Å². The number of hydrogen-bond acceptors (Lipinski definition) is 6. The third kappa shape index (κ3) is 3.07. The Morgan fingerprint density at radius 2 is 1.86 bits per heavy atom. The smallest absolute Gasteiger partial charge is 0.227 e. The van der Waals surface area contributed by atoms with Crippen LogP contribution in [-0.4, -0.2) is 49.9 Å². The van der Waals surface area contributed by atoms with Gasteiger partial charge >= 0.3 is 0 Å². The van der Waals surface area contributed by atoms with Crippen LogP contribution in [0.15, 0.2) is 36.8 Å². The highest BCUT2D eigenvalue weighted by molar-refractivity contribution is 5.70. The minimum Gasteiger partial charge on any atom is -0.488 e. The summed E-state index contributed by atoms with van der Waals surface area (Å²) in [7, 11) is 1.92. The fourth-order valence-corrected chi connectivity index (χ4v) is 4.43. The Bertz CT molecular complexity index is 992. The van der Waals surface area contributed by atoms with Gasteiger partial charge in [0.15, 0.2) is 5.65 Å². The summed E-state index contributed by atoms with van der Waals surface area (Å²) >= 11 is 0. The molecule has 3 heterocycles. The second-order valence-corrected chi connectivity index (χ2v) is 7.81. The second-order valence-electron chi connectivity index (χ2n) is 7.81. The molecule has 0 amide bonds. The quantitative estimate of drug-likeness (QED) is 0.747. The van der Waals surface area contributed by atoms with Gasteiger partial charge in [0, 0.05) is 20.1 Å². The number of rotatable bonds is 3. The number of aromatic nitrogens is 4. The Hall–Kier alpha value is -2.74. The van der Waals surface area contributed by atoms with E-state index in [2.05, 4.69) is 19.9 Å². The zero-order valence-electron chi connectivity index (χ0n) is 15.6. The van der Waals surface area contributed by atoms with E-state index in [0.29, 0.717) is 30.0 Å². The molecule has 4 atom stereocenters. The molecule has 1 N–H and O–H groups in total. The van der Waals surface area contributed by atoms with Gasteiger partial charge in [-0.2, -0.15) is 4.98 Å². The predicted octanol–water partition coefficient (Wildman–Crippen LogP) is 2.16. The third-order valence-electron chi connectivity index (χ3n) is 5.91. The van der Waals surface area contributed by atoms with Gasteiger partial charge in [-0.05, 0) is 48.9 Å². The Labute approximate surface area is 161 Å². The van der Waals surface area contributed by atoms with Crippen molar-refractivity contribution in [3.63, 3.8) is 0 Å². The van der Waals surface area contributed by atoms with Crippen LogP contribution in [0.25, 0.3) is 11.2 Å². The Balaban J connectivity index is 1.31. The number of ether oxygens (including phenoxy) is 1. The van der Waals surface area contributed by atoms with Crippen LogP contribution in [0.2, 0.25) is 0 Å². The van der Waals surface area contributed by atoms with Crippen molar-refractivity contribution in [2.75, 3.05) is 18.0 Å². The molecule has 8 heteroatoms. The number of anilines is 1. The number of aryl methyl sites for hydroxylation is 1. The van der Waals surface area contributed by atoms with Crippen molar-refractivity contribution < 1.29 is 14.2 Å². The lowest BCUT2D eigenvalue weighted by Gasteiger charge is -2.35. The van der Waals surface area contributed by atoms with Crippen LogP contribution in [-0.2, 0) is 7.05 Å². The van der Waals surface area contributed by atoms with E-state index < -0.39 is 6.10 Å². The molecule has 0 radical (unpaired) electrons. The molecule has 1 aromatic carbocycles. The van der Waals surface area contributed by atoms with E-state index in [-0.39, 0.29) is 11.9 Å². The largest absolute Gasteiger partial charge is 0.488 e. The van der Waals surface area contributed by atoms with Crippen LogP contribution in [0.4, 0.5) is 10.3 Å². The van der Waals surface area contributed by atoms with Crippen LogP contribution >= 0.6 is 0 Å². The van der Waals surface area contributed by atoms with Gasteiger partial charge in [0.05, 0.1) is 18.6 Å². The average Bonchev–Trinajstić information content (AvgIpc) is 3.27. The standard InChI is InChI=1S/C20H22FN5O2/c1-25-11-23-16-8-22-20(24-19(16)25)26-9-12-6-17(27)18(7-13(12)10-26)28-15-4-2-14(21)3-5-15/h2-5,8,11-13,17-18,27H,6-7,9-10H2,1H3/t12-,13+,17+,18+/m0/s1. The lowest BCUT2D eigenvalue weighted by atomic mass is 9.78. The summed E-state index contributed by atoms with van der Waals surface area (Å²) in [6, 6.07) is 5.95. The Morgan fingerprint density at radius 1 is 1.11 bits per heavy atom. The summed E-state index contributed by atoms with van der Waals surface area (Å²) in [5.74, 6) is 1.78. The molecule has 0 bridgehead atoms. The summed E-state index contributed by atoms with van der Waals surface area (Å²) in [6.45, 7) is 1.67. The first-order chi connectivity index (χ1) is 13.6. The van der Waals surface area contributed by atoms with E-state index in [9.17, 15) is 9.50 Å². The van der Waals surface area contributed by atoms with Crippen LogP contribution in [0.1, 0.15) is 12.8 Å². The molecule has 7 nitrogen and oxygen atoms in total. The molecule has 28 heavy (non-hydrogen) atoms. The molecule has 3 aromatic rings. The van der Waals surface area contributed by atoms with Crippen molar-refractivity contribution in [1.29, 1.82) is 0 Å². The van der Waals surface area contributed by atoms with Crippen molar-refractivity contribution >= 4 is 17.1 Å². The summed E-state index contributed by atoms with van der Waals surface area (Å²) < 4.78 is 20.9. The normalized spacial score (nSPS) is 27.2. The maximum absolute atomic E-state index is 13.1. The maximum atomic E-state index is 13.1. The van der Waals surface area contributed by atoms with E-state index in [1.54, 1.807) is 24.7 Å². The van der Waals surface area contributed by atoms with Gasteiger partial charge in [-0.3, -0.25) is 0 Å². The lowest BCUT2D eigenvalue weighted by molar-refractivity contribution is -0.0231. The Morgan fingerprint density at radius 3 is 2.64 bits per heavy atom. The molecule has 1 aliphatic heterocycles. The SMILES string of the molecule is Cn1cnc2cnc(N3C[C@H]4C[C@@H](Oc5ccc(F)cc5)[C@H](O)C[C@H]4C3)nc21. The number of nitrogens with zero attached hydrogens (tertiary/aromatic N) is 5. The van der Waals surface area contributed by atoms with Gasteiger partial charge in [0.25, 0.3) is 0 Å². The molecular weight excluding hydrogens is 361 g/mol. The maximum Gasteiger partial charge on any atom is 0.227 e. The molecule has 5 rings (SSSR count). The first-order valence-electron chi connectivity index (χ1n) is 9.56. The molecule has 1 saturated carbocycles. The topological polar surface area (TPSA) is 76.3 Å². The third-order valence-corrected chi connectivity index (χ3v) is 5.91. The Kier molecular flexibility index (Phi) is 4.16. The van der Waals surface area contributed by atoms with Gasteiger partial charge < -0.3 is 19.3 Å². The summed E-state index contributed by atoms with van der Waals surface area (Å²) in [4.78, 5) is 15.6. The van der Waals surface area contributed by atoms with Crippen molar-refractivity contribution in [3.05, 3.63) is 42.6 Å². The number of aliphatic hydroxyl groups excluding tert-OH is 1. The second kappa shape index (κ2) is 6.70. The minimum absolute atomic E-state index is 0.285. The van der Waals surface area contributed by atoms with Crippen molar-refractivity contribution in [3.8, 4) is 5.75 Å². The highest BCUT2D eigenvalue weighted by atomic mass is 19.1. The lowest BCUT2D eigenvalue weighted by Crippen LogP contribution is -2.42. The fraction of sp³-hybridized carbons (Fsp3) is 0.450. The highest BCUT2D eigenvalue weighted by Gasteiger charge is 2.43. The van der Waals surface area contributed by atoms with Gasteiger partial charge in [0.2, 0.25) is 5.95 Å². The molecule has 2 aromatic heterocycles. The fourth-order valence-electron chi connectivity index (χ4n) is 4.43. The van der Waals surface area contributed by atoms with Crippen molar-refractivity contribution in [1.82, 2.24) is 19.5 Å². The van der Waals surface area contributed by atoms with E-state index >= 15 is 0 Å². The minimum atomic E-state index is -0.535. The van der Waals surface area contributed by atoms with Crippen LogP contribution in [0.5, 0.6) is 5.75 Å². The first kappa shape index (κ1) is 17.4. The molecule has 0 spiro atoms. The van der Waals surface area contributed by atoms with E-state index in [0.717, 1.165) is 30.7 Å². The summed E-state index contributed by atoms with van der Waals surface area (Å²) in [6.07, 6.45) is 4.11. The van der Waals surface area contributed by atoms with Gasteiger partial charge in [-0.25, -0.2) is 14.4 Å². The number of fused-ring (bicyclic) bond motifs is 2. The molecule has 146 valence electrons. The predicted molar refractivity (Wildman–Crippen MR) is 102 cm³/mol. The van der Waals surface area contributed by atoms with Crippen LogP contribution in [0.3, 0.4) is 0 Å². The van der Waals surface area contributed by atoms with Crippen LogP contribution < -0.4 is 9.64 Å². The number of halogens is 1. The molecule has 1 saturated heterocycles. The van der Waals surface area contributed by atoms with E-state index in [1.165, 1.54) is 12.1 Å². The zero-order valence-corrected chi connectivity index (χ0v) is 15.6. The van der Waals surface area contributed by atoms with Gasteiger partial charge in [-0.15, -0.1) is 0 Å². The molecular formula is C20H22FN5O2. The highest BCUT2D eigenvalue weighted by Crippen LogP contribution is 2.39. The van der Waals surface area contributed by atoms with Crippen molar-refractivity contribution in [2.45, 2.75) is 25.0 Å². The van der Waals surface area contributed by atoms with Gasteiger partial charge in [-0.1, -0.05) is 0 Å². The molecule has 0 unspecified atom stereocenters. The number of imidazole rings is 1. The monoisotopic (exact) mass is 383 g/mol. The summed E-state index contributed by atoms with van der Waals surface area (Å²) in [5, 5.41) is 10.6. The summed E-state index contributed by atoms with van der Waals surface area (Å²) in [5.41, 5.74) is 1.60. The molecule has 2 aliphatic rings. The van der Waals surface area contributed by atoms with E-state index in [1.807, 2.05) is 11.6 Å². The molecule has 2 fully saturated rings. The number of benzene rings is 1. The number of hydrogen-bond donors (Lipinski definition) is 1. The molecule has 1 aliphatic carbocycles. The average molecular weight is 383 g/mol. The van der Waals surface area contributed by atoms with Crippen molar-refractivity contribution in [2.24, 2.45) is 18.9 Å². The van der Waals surface area contributed by atoms with Gasteiger partial charge in [0.1, 0.15) is 23.2 Å². The first-order valence-corrected chi connectivity index (χ1v) is 9.56. The van der Waals surface area contributed by atoms with Crippen LogP contribution in [0, 0.1) is 17.7 Å².